The third-order valence-electron chi connectivity index (χ3n) is 5.02. The lowest BCUT2D eigenvalue weighted by Crippen LogP contribution is -2.13. The number of hydrogen-bond donors (Lipinski definition) is 1. The molecule has 0 fully saturated rings. The van der Waals surface area contributed by atoms with Gasteiger partial charge in [0, 0.05) is 36.8 Å². The summed E-state index contributed by atoms with van der Waals surface area (Å²) in [6, 6.07) is 25.0. The van der Waals surface area contributed by atoms with E-state index in [0.717, 1.165) is 16.8 Å². The summed E-state index contributed by atoms with van der Waals surface area (Å²) in [6.45, 7) is 0. The largest absolute Gasteiger partial charge is 0.378 e. The molecule has 1 atom stereocenters. The molecule has 0 saturated carbocycles. The van der Waals surface area contributed by atoms with Crippen molar-refractivity contribution in [2.24, 2.45) is 0 Å². The van der Waals surface area contributed by atoms with Gasteiger partial charge in [-0.2, -0.15) is 0 Å². The highest BCUT2D eigenvalue weighted by Gasteiger charge is 2.23. The van der Waals surface area contributed by atoms with Crippen molar-refractivity contribution < 1.29 is 0 Å². The van der Waals surface area contributed by atoms with Gasteiger partial charge in [0.1, 0.15) is 0 Å². The fourth-order valence-electron chi connectivity index (χ4n) is 3.59. The Kier molecular flexibility index (Phi) is 4.18. The van der Waals surface area contributed by atoms with Gasteiger partial charge in [-0.15, -0.1) is 0 Å². The van der Waals surface area contributed by atoms with Gasteiger partial charge in [0.25, 0.3) is 0 Å². The molecule has 0 amide bonds. The van der Waals surface area contributed by atoms with Gasteiger partial charge in [0.05, 0.1) is 5.71 Å². The van der Waals surface area contributed by atoms with E-state index in [1.54, 1.807) is 0 Å². The molecule has 0 saturated heterocycles. The van der Waals surface area contributed by atoms with Crippen LogP contribution in [0.3, 0.4) is 0 Å². The van der Waals surface area contributed by atoms with E-state index in [-0.39, 0.29) is 5.92 Å². The average Bonchev–Trinajstić information content (AvgIpc) is 3.11. The first-order valence-corrected chi connectivity index (χ1v) is 8.88. The fraction of sp³-hybridized carbons (Fsp3) is 0.125. The normalized spacial score (nSPS) is 14.9. The second-order valence-electron chi connectivity index (χ2n) is 6.87. The van der Waals surface area contributed by atoms with Crippen LogP contribution in [0.2, 0.25) is 0 Å². The zero-order valence-corrected chi connectivity index (χ0v) is 15.1. The molecule has 1 aliphatic carbocycles. The van der Waals surface area contributed by atoms with Crippen molar-refractivity contribution in [3.05, 3.63) is 107 Å². The number of allylic oxidation sites excluding steroid dienone is 1. The zero-order chi connectivity index (χ0) is 18.1. The first kappa shape index (κ1) is 16.3. The van der Waals surface area contributed by atoms with Crippen LogP contribution < -0.4 is 4.90 Å². The van der Waals surface area contributed by atoms with E-state index in [1.807, 2.05) is 44.4 Å². The number of benzene rings is 3. The molecule has 2 heteroatoms. The molecule has 0 bridgehead atoms. The third-order valence-corrected chi connectivity index (χ3v) is 5.02. The Morgan fingerprint density at radius 1 is 0.846 bits per heavy atom. The van der Waals surface area contributed by atoms with Crippen molar-refractivity contribution in [2.45, 2.75) is 5.92 Å². The van der Waals surface area contributed by atoms with Crippen LogP contribution in [0.5, 0.6) is 0 Å². The van der Waals surface area contributed by atoms with E-state index in [0.29, 0.717) is 5.71 Å². The molecule has 1 N–H and O–H groups in total. The van der Waals surface area contributed by atoms with Crippen molar-refractivity contribution in [3.63, 3.8) is 0 Å². The van der Waals surface area contributed by atoms with Crippen LogP contribution in [-0.4, -0.2) is 19.8 Å². The molecule has 2 nitrogen and oxygen atoms in total. The molecule has 0 aromatic heterocycles. The Balaban J connectivity index is 1.86. The summed E-state index contributed by atoms with van der Waals surface area (Å²) in [5, 5.41) is 8.85. The quantitative estimate of drug-likeness (QED) is 0.640. The minimum atomic E-state index is 0.196. The molecule has 26 heavy (non-hydrogen) atoms. The lowest BCUT2D eigenvalue weighted by atomic mass is 9.86. The van der Waals surface area contributed by atoms with Crippen LogP contribution in [0, 0.1) is 5.41 Å². The molecule has 0 spiro atoms. The van der Waals surface area contributed by atoms with Crippen LogP contribution in [0.1, 0.15) is 33.7 Å². The Bertz CT molecular complexity index is 984. The van der Waals surface area contributed by atoms with Gasteiger partial charge < -0.3 is 4.90 Å². The molecule has 1 aliphatic rings. The number of hydrogen-bond acceptors (Lipinski definition) is 2. The van der Waals surface area contributed by atoms with E-state index >= 15 is 0 Å². The summed E-state index contributed by atoms with van der Waals surface area (Å²) >= 11 is 0. The first-order valence-electron chi connectivity index (χ1n) is 8.88. The van der Waals surface area contributed by atoms with Gasteiger partial charge in [-0.25, -0.2) is 0 Å². The predicted molar refractivity (Wildman–Crippen MR) is 110 cm³/mol. The number of anilines is 1. The van der Waals surface area contributed by atoms with Crippen molar-refractivity contribution in [1.82, 2.24) is 0 Å². The van der Waals surface area contributed by atoms with Crippen molar-refractivity contribution in [3.8, 4) is 0 Å². The van der Waals surface area contributed by atoms with E-state index in [4.69, 9.17) is 5.41 Å². The summed E-state index contributed by atoms with van der Waals surface area (Å²) in [7, 11) is 4.07. The van der Waals surface area contributed by atoms with Crippen molar-refractivity contribution in [2.75, 3.05) is 19.0 Å². The van der Waals surface area contributed by atoms with Crippen molar-refractivity contribution in [1.29, 1.82) is 5.41 Å². The summed E-state index contributed by atoms with van der Waals surface area (Å²) in [6.07, 6.45) is 4.44. The molecule has 1 unspecified atom stereocenters. The fourth-order valence-corrected chi connectivity index (χ4v) is 3.59. The highest BCUT2D eigenvalue weighted by Crippen LogP contribution is 2.38. The summed E-state index contributed by atoms with van der Waals surface area (Å²) < 4.78 is 0. The monoisotopic (exact) mass is 338 g/mol. The number of rotatable bonds is 4. The van der Waals surface area contributed by atoms with Gasteiger partial charge >= 0.3 is 0 Å². The maximum absolute atomic E-state index is 8.85. The Morgan fingerprint density at radius 2 is 1.58 bits per heavy atom. The smallest absolute Gasteiger partial charge is 0.0688 e. The zero-order valence-electron chi connectivity index (χ0n) is 15.1. The number of nitrogens with zero attached hydrogens (tertiary/aromatic N) is 1. The van der Waals surface area contributed by atoms with E-state index in [1.165, 1.54) is 16.7 Å². The molecule has 3 aromatic carbocycles. The van der Waals surface area contributed by atoms with Gasteiger partial charge in [-0.3, -0.25) is 5.41 Å². The number of nitrogens with one attached hydrogen (secondary N) is 1. The van der Waals surface area contributed by atoms with Crippen molar-refractivity contribution >= 4 is 17.5 Å². The molecular formula is C24H22N2. The lowest BCUT2D eigenvalue weighted by molar-refractivity contribution is 1.04. The minimum Gasteiger partial charge on any atom is -0.378 e. The Morgan fingerprint density at radius 3 is 2.35 bits per heavy atom. The molecule has 0 aliphatic heterocycles. The van der Waals surface area contributed by atoms with Crippen LogP contribution in [-0.2, 0) is 0 Å². The minimum absolute atomic E-state index is 0.196. The second kappa shape index (κ2) is 6.64. The van der Waals surface area contributed by atoms with Gasteiger partial charge in [0.2, 0.25) is 0 Å². The van der Waals surface area contributed by atoms with E-state index in [2.05, 4.69) is 59.5 Å². The maximum atomic E-state index is 8.85. The first-order chi connectivity index (χ1) is 12.6. The van der Waals surface area contributed by atoms with Crippen LogP contribution >= 0.6 is 0 Å². The molecule has 3 aromatic rings. The average molecular weight is 338 g/mol. The van der Waals surface area contributed by atoms with Gasteiger partial charge in [-0.1, -0.05) is 72.8 Å². The maximum Gasteiger partial charge on any atom is 0.0688 e. The Hall–Kier alpha value is -3.13. The molecule has 4 rings (SSSR count). The second-order valence-corrected chi connectivity index (χ2v) is 6.87. The van der Waals surface area contributed by atoms with Gasteiger partial charge in [0.15, 0.2) is 0 Å². The molecular weight excluding hydrogens is 316 g/mol. The third kappa shape index (κ3) is 2.84. The highest BCUT2D eigenvalue weighted by molar-refractivity contribution is 6.12. The standard InChI is InChI=1S/C24H22N2/c1-26(2)19-13-15-22(21-14-12-17-8-6-7-11-20(17)21)23(16-19)24(25)18-9-4-3-5-10-18/h3-16,21,25H,1-2H3. The SMILES string of the molecule is CN(C)c1ccc(C2C=Cc3ccccc32)c(C(=N)c2ccccc2)c1. The number of fused-ring (bicyclic) bond motifs is 1. The van der Waals surface area contributed by atoms with E-state index in [9.17, 15) is 0 Å². The summed E-state index contributed by atoms with van der Waals surface area (Å²) in [4.78, 5) is 2.09. The highest BCUT2D eigenvalue weighted by atomic mass is 15.1. The summed E-state index contributed by atoms with van der Waals surface area (Å²) in [5.41, 5.74) is 7.39. The van der Waals surface area contributed by atoms with E-state index < -0.39 is 0 Å². The predicted octanol–water partition coefficient (Wildman–Crippen LogP) is 5.33. The molecule has 0 radical (unpaired) electrons. The van der Waals surface area contributed by atoms with Crippen LogP contribution in [0.4, 0.5) is 5.69 Å². The Labute approximate surface area is 154 Å². The molecule has 128 valence electrons. The van der Waals surface area contributed by atoms with Crippen LogP contribution in [0.25, 0.3) is 6.08 Å². The molecule has 0 heterocycles. The van der Waals surface area contributed by atoms with Gasteiger partial charge in [-0.05, 0) is 28.8 Å². The summed E-state index contributed by atoms with van der Waals surface area (Å²) in [5.74, 6) is 0.196. The van der Waals surface area contributed by atoms with Crippen LogP contribution in [0.15, 0.2) is 78.9 Å². The lowest BCUT2D eigenvalue weighted by Gasteiger charge is -2.21. The topological polar surface area (TPSA) is 27.1 Å².